The van der Waals surface area contributed by atoms with E-state index < -0.39 is 23.9 Å². The number of hydroxylamine groups is 2. The largest absolute Gasteiger partial charge is 0.369 e. The fourth-order valence-electron chi connectivity index (χ4n) is 1.84. The van der Waals surface area contributed by atoms with Crippen LogP contribution in [0.4, 0.5) is 4.79 Å². The van der Waals surface area contributed by atoms with Gasteiger partial charge in [0, 0.05) is 6.54 Å². The highest BCUT2D eigenvalue weighted by molar-refractivity contribution is 5.90. The summed E-state index contributed by atoms with van der Waals surface area (Å²) >= 11 is 0. The van der Waals surface area contributed by atoms with Gasteiger partial charge < -0.3 is 16.4 Å². The molecule has 0 aromatic heterocycles. The van der Waals surface area contributed by atoms with Gasteiger partial charge in [-0.05, 0) is 13.0 Å². The van der Waals surface area contributed by atoms with Crippen LogP contribution in [0.2, 0.25) is 0 Å². The Kier molecular flexibility index (Phi) is 5.27. The van der Waals surface area contributed by atoms with Crippen molar-refractivity contribution in [2.45, 2.75) is 19.4 Å². The van der Waals surface area contributed by atoms with E-state index in [2.05, 4.69) is 6.58 Å². The predicted molar refractivity (Wildman–Crippen MR) is 70.6 cm³/mol. The maximum absolute atomic E-state index is 12.3. The third-order valence-corrected chi connectivity index (χ3v) is 2.68. The van der Waals surface area contributed by atoms with Crippen LogP contribution in [0.5, 0.6) is 0 Å². The molecule has 1 heterocycles. The molecule has 0 saturated carbocycles. The Balaban J connectivity index is 3.15. The number of rotatable bonds is 7. The fraction of sp³-hybridized carbons (Fsp3) is 0.417. The van der Waals surface area contributed by atoms with Crippen molar-refractivity contribution in [2.75, 3.05) is 13.2 Å². The Hall–Kier alpha value is -2.35. The Morgan fingerprint density at radius 2 is 2.15 bits per heavy atom. The average molecular weight is 282 g/mol. The Morgan fingerprint density at radius 3 is 2.60 bits per heavy atom. The Bertz CT molecular complexity index is 460. The zero-order valence-electron chi connectivity index (χ0n) is 11.2. The zero-order chi connectivity index (χ0) is 15.3. The van der Waals surface area contributed by atoms with E-state index in [1.54, 1.807) is 6.92 Å². The van der Waals surface area contributed by atoms with Crippen molar-refractivity contribution in [2.24, 2.45) is 11.5 Å². The second-order valence-corrected chi connectivity index (χ2v) is 4.10. The van der Waals surface area contributed by atoms with Crippen LogP contribution in [-0.4, -0.2) is 47.0 Å². The first-order valence-electron chi connectivity index (χ1n) is 6.05. The van der Waals surface area contributed by atoms with Crippen molar-refractivity contribution in [3.63, 3.8) is 0 Å². The molecule has 8 nitrogen and oxygen atoms in total. The number of nitrogens with zero attached hydrogens (tertiary/aromatic N) is 2. The summed E-state index contributed by atoms with van der Waals surface area (Å²) in [5.41, 5.74) is 10.6. The number of likely N-dealkylation sites (N-methyl/N-ethyl adjacent to an activating group) is 1. The number of carbonyl (C=O) groups is 3. The zero-order valence-corrected chi connectivity index (χ0v) is 11.2. The van der Waals surface area contributed by atoms with Crippen LogP contribution in [-0.2, 0) is 14.4 Å². The van der Waals surface area contributed by atoms with Gasteiger partial charge in [-0.15, -0.1) is 6.58 Å². The highest BCUT2D eigenvalue weighted by atomic mass is 16.7. The summed E-state index contributed by atoms with van der Waals surface area (Å²) in [6.07, 6.45) is 2.62. The van der Waals surface area contributed by atoms with E-state index >= 15 is 0 Å². The van der Waals surface area contributed by atoms with Crippen LogP contribution in [0.1, 0.15) is 13.3 Å². The first-order valence-corrected chi connectivity index (χ1v) is 6.05. The molecule has 0 aromatic rings. The third-order valence-electron chi connectivity index (χ3n) is 2.68. The van der Waals surface area contributed by atoms with Crippen molar-refractivity contribution in [1.29, 1.82) is 0 Å². The van der Waals surface area contributed by atoms with E-state index in [4.69, 9.17) is 16.3 Å². The molecule has 1 aliphatic heterocycles. The smallest absolute Gasteiger partial charge is 0.349 e. The lowest BCUT2D eigenvalue weighted by molar-refractivity contribution is -0.128. The summed E-state index contributed by atoms with van der Waals surface area (Å²) in [5.74, 6) is -1.34. The van der Waals surface area contributed by atoms with Crippen LogP contribution in [0.15, 0.2) is 24.4 Å². The number of hydrogen-bond acceptors (Lipinski definition) is 4. The molecular weight excluding hydrogens is 264 g/mol. The number of carbonyl (C=O) groups excluding carboxylic acids is 3. The van der Waals surface area contributed by atoms with Gasteiger partial charge in [-0.3, -0.25) is 14.4 Å². The van der Waals surface area contributed by atoms with Crippen molar-refractivity contribution < 1.29 is 19.2 Å². The van der Waals surface area contributed by atoms with E-state index in [-0.39, 0.29) is 25.3 Å². The number of primary amides is 2. The molecule has 0 radical (unpaired) electrons. The van der Waals surface area contributed by atoms with Gasteiger partial charge in [0.25, 0.3) is 0 Å². The second-order valence-electron chi connectivity index (χ2n) is 4.10. The van der Waals surface area contributed by atoms with Crippen molar-refractivity contribution in [1.82, 2.24) is 9.96 Å². The molecule has 1 atom stereocenters. The number of nitrogens with two attached hydrogens (primary N) is 2. The van der Waals surface area contributed by atoms with Crippen molar-refractivity contribution in [3.05, 3.63) is 24.4 Å². The van der Waals surface area contributed by atoms with Crippen molar-refractivity contribution in [3.8, 4) is 0 Å². The monoisotopic (exact) mass is 282 g/mol. The fourth-order valence-corrected chi connectivity index (χ4v) is 1.84. The summed E-state index contributed by atoms with van der Waals surface area (Å²) in [5, 5.41) is 0.940. The number of hydrogen-bond donors (Lipinski definition) is 2. The lowest BCUT2D eigenvalue weighted by Gasteiger charge is -2.37. The minimum Gasteiger partial charge on any atom is -0.369 e. The molecule has 20 heavy (non-hydrogen) atoms. The summed E-state index contributed by atoms with van der Waals surface area (Å²) < 4.78 is 0. The van der Waals surface area contributed by atoms with Gasteiger partial charge in [-0.2, -0.15) is 5.06 Å². The molecule has 0 fully saturated rings. The molecular formula is C12H18N4O4. The van der Waals surface area contributed by atoms with E-state index in [0.717, 1.165) is 5.06 Å². The van der Waals surface area contributed by atoms with Gasteiger partial charge in [0.2, 0.25) is 11.8 Å². The third kappa shape index (κ3) is 3.35. The minimum atomic E-state index is -0.926. The average Bonchev–Trinajstić information content (AvgIpc) is 2.36. The molecule has 8 heteroatoms. The van der Waals surface area contributed by atoms with E-state index in [9.17, 15) is 14.4 Å². The topological polar surface area (TPSA) is 119 Å². The molecule has 0 saturated heterocycles. The summed E-state index contributed by atoms with van der Waals surface area (Å²) in [6.45, 7) is 5.51. The molecule has 0 unspecified atom stereocenters. The molecule has 0 aliphatic carbocycles. The molecule has 0 bridgehead atoms. The van der Waals surface area contributed by atoms with Crippen LogP contribution in [0, 0.1) is 0 Å². The predicted octanol–water partition coefficient (Wildman–Crippen LogP) is -0.525. The van der Waals surface area contributed by atoms with Gasteiger partial charge in [-0.25, -0.2) is 4.79 Å². The lowest BCUT2D eigenvalue weighted by Crippen LogP contribution is -2.55. The molecule has 0 aromatic carbocycles. The normalized spacial score (nSPS) is 18.8. The van der Waals surface area contributed by atoms with E-state index in [1.807, 2.05) is 0 Å². The van der Waals surface area contributed by atoms with E-state index in [1.165, 1.54) is 17.1 Å². The first-order chi connectivity index (χ1) is 9.42. The minimum absolute atomic E-state index is 0.0701. The Labute approximate surface area is 116 Å². The van der Waals surface area contributed by atoms with Crippen LogP contribution in [0.25, 0.3) is 0 Å². The summed E-state index contributed by atoms with van der Waals surface area (Å²) in [6, 6.07) is -1.50. The van der Waals surface area contributed by atoms with Gasteiger partial charge in [0.1, 0.15) is 6.04 Å². The maximum atomic E-state index is 12.3. The molecule has 0 spiro atoms. The van der Waals surface area contributed by atoms with Gasteiger partial charge in [0.05, 0.1) is 18.7 Å². The molecule has 1 rings (SSSR count). The van der Waals surface area contributed by atoms with E-state index in [0.29, 0.717) is 0 Å². The van der Waals surface area contributed by atoms with Crippen LogP contribution >= 0.6 is 0 Å². The molecule has 4 N–H and O–H groups in total. The molecule has 1 aliphatic rings. The first kappa shape index (κ1) is 15.7. The summed E-state index contributed by atoms with van der Waals surface area (Å²) in [7, 11) is 0. The Morgan fingerprint density at radius 1 is 1.50 bits per heavy atom. The highest BCUT2D eigenvalue weighted by Crippen LogP contribution is 2.22. The standard InChI is InChI=1S/C12H18N4O4/c1-3-5-20-16-8(7-10(13)17)6-9(11(14)18)15(4-2)12(16)19/h3,6,9H,1,4-5,7H2,2H3,(H2,13,17)(H2,14,18)/t9-/m0/s1. The quantitative estimate of drug-likeness (QED) is 0.610. The number of amides is 4. The van der Waals surface area contributed by atoms with Gasteiger partial charge in [-0.1, -0.05) is 6.08 Å². The highest BCUT2D eigenvalue weighted by Gasteiger charge is 2.37. The summed E-state index contributed by atoms with van der Waals surface area (Å²) in [4.78, 5) is 41.2. The number of urea groups is 1. The molecule has 4 amide bonds. The molecule has 110 valence electrons. The second kappa shape index (κ2) is 6.71. The van der Waals surface area contributed by atoms with Crippen LogP contribution in [0.3, 0.4) is 0 Å². The maximum Gasteiger partial charge on any atom is 0.349 e. The van der Waals surface area contributed by atoms with Gasteiger partial charge in [0.15, 0.2) is 0 Å². The lowest BCUT2D eigenvalue weighted by atomic mass is 10.1. The van der Waals surface area contributed by atoms with Crippen molar-refractivity contribution >= 4 is 17.8 Å². The van der Waals surface area contributed by atoms with Crippen LogP contribution < -0.4 is 11.5 Å². The van der Waals surface area contributed by atoms with Gasteiger partial charge >= 0.3 is 6.03 Å². The SMILES string of the molecule is C=CCON1C(=O)N(CC)[C@H](C(N)=O)C=C1CC(N)=O.